The first-order valence-corrected chi connectivity index (χ1v) is 17.6. The molecule has 5 nitrogen and oxygen atoms in total. The lowest BCUT2D eigenvalue weighted by molar-refractivity contribution is 0.279. The van der Waals surface area contributed by atoms with Crippen molar-refractivity contribution in [3.63, 3.8) is 0 Å². The molecule has 0 spiro atoms. The first kappa shape index (κ1) is 28.9. The van der Waals surface area contributed by atoms with Crippen molar-refractivity contribution < 1.29 is 9.15 Å². The van der Waals surface area contributed by atoms with E-state index in [-0.39, 0.29) is 6.10 Å². The van der Waals surface area contributed by atoms with Gasteiger partial charge in [0.2, 0.25) is 0 Å². The summed E-state index contributed by atoms with van der Waals surface area (Å²) in [5, 5.41) is 6.76. The van der Waals surface area contributed by atoms with Crippen LogP contribution in [0.25, 0.3) is 88.8 Å². The van der Waals surface area contributed by atoms with Gasteiger partial charge in [0.1, 0.15) is 23.0 Å². The van der Waals surface area contributed by atoms with Crippen molar-refractivity contribution in [2.75, 3.05) is 0 Å². The molecule has 2 aromatic heterocycles. The third kappa shape index (κ3) is 4.46. The molecule has 1 unspecified atom stereocenters. The van der Waals surface area contributed by atoms with E-state index in [0.717, 1.165) is 72.9 Å². The average Bonchev–Trinajstić information content (AvgIpc) is 3.79. The molecule has 1 atom stereocenters. The van der Waals surface area contributed by atoms with E-state index < -0.39 is 0 Å². The van der Waals surface area contributed by atoms with Crippen molar-refractivity contribution in [3.05, 3.63) is 169 Å². The summed E-state index contributed by atoms with van der Waals surface area (Å²) in [5.41, 5.74) is 8.79. The van der Waals surface area contributed by atoms with Gasteiger partial charge in [-0.25, -0.2) is 15.0 Å². The molecule has 11 rings (SSSR count). The molecule has 5 heteroatoms. The van der Waals surface area contributed by atoms with Crippen LogP contribution in [0.4, 0.5) is 0 Å². The Labute approximate surface area is 299 Å². The molecule has 244 valence electrons. The van der Waals surface area contributed by atoms with Crippen molar-refractivity contribution in [2.24, 2.45) is 0 Å². The van der Waals surface area contributed by atoms with Gasteiger partial charge in [-0.2, -0.15) is 0 Å². The van der Waals surface area contributed by atoms with Crippen molar-refractivity contribution in [1.29, 1.82) is 0 Å². The molecular weight excluding hydrogens is 639 g/mol. The first-order chi connectivity index (χ1) is 25.8. The van der Waals surface area contributed by atoms with Gasteiger partial charge in [0.25, 0.3) is 0 Å². The van der Waals surface area contributed by atoms with E-state index in [1.54, 1.807) is 0 Å². The molecule has 0 N–H and O–H groups in total. The van der Waals surface area contributed by atoms with Gasteiger partial charge < -0.3 is 9.15 Å². The lowest BCUT2D eigenvalue weighted by Gasteiger charge is -2.21. The van der Waals surface area contributed by atoms with Crippen LogP contribution in [0.1, 0.15) is 17.5 Å². The van der Waals surface area contributed by atoms with E-state index in [4.69, 9.17) is 24.1 Å². The van der Waals surface area contributed by atoms with Crippen molar-refractivity contribution in [2.45, 2.75) is 12.5 Å². The summed E-state index contributed by atoms with van der Waals surface area (Å²) in [4.78, 5) is 15.8. The minimum Gasteiger partial charge on any atom is -0.485 e. The smallest absolute Gasteiger partial charge is 0.165 e. The second-order valence-electron chi connectivity index (χ2n) is 13.4. The molecule has 52 heavy (non-hydrogen) atoms. The predicted molar refractivity (Wildman–Crippen MR) is 210 cm³/mol. The lowest BCUT2D eigenvalue weighted by atomic mass is 9.84. The Kier molecular flexibility index (Phi) is 6.31. The summed E-state index contributed by atoms with van der Waals surface area (Å²) in [6.07, 6.45) is 5.19. The Balaban J connectivity index is 1.22. The van der Waals surface area contributed by atoms with Crippen molar-refractivity contribution in [1.82, 2.24) is 15.0 Å². The molecule has 0 amide bonds. The standard InChI is InChI=1S/C47H29N3O2/c1-2-12-29(13-3-1)45-48-46(31-23-24-33-30(27-31)22-21-28-11-4-5-14-32(28)33)50-47(49-45)44-35(25-26-41-43(44)37-16-7-9-19-39(37)52-41)34-17-10-20-40-42(34)36-15-6-8-18-38(36)51-40/h1-19,21-27,40H,20H2. The normalized spacial score (nSPS) is 15.0. The number of hydrogen-bond acceptors (Lipinski definition) is 5. The highest BCUT2D eigenvalue weighted by Crippen LogP contribution is 2.49. The number of allylic oxidation sites excluding steroid dienone is 2. The van der Waals surface area contributed by atoms with Crippen molar-refractivity contribution in [3.8, 4) is 39.9 Å². The Morgan fingerprint density at radius 3 is 2.17 bits per heavy atom. The largest absolute Gasteiger partial charge is 0.485 e. The maximum Gasteiger partial charge on any atom is 0.165 e. The van der Waals surface area contributed by atoms with Gasteiger partial charge in [-0.3, -0.25) is 0 Å². The summed E-state index contributed by atoms with van der Waals surface area (Å²) in [6, 6.07) is 50.3. The number of rotatable bonds is 4. The van der Waals surface area contributed by atoms with Crippen LogP contribution in [0, 0.1) is 0 Å². The zero-order valence-corrected chi connectivity index (χ0v) is 28.0. The SMILES string of the molecule is C1=CC(c2ccc3oc4ccccc4c3c2-c2nc(-c3ccccc3)nc(-c3ccc4c(ccc5ccccc54)c3)n2)=C2c3ccccc3OC2C1. The average molecular weight is 668 g/mol. The van der Waals surface area contributed by atoms with Crippen LogP contribution >= 0.6 is 0 Å². The van der Waals surface area contributed by atoms with Crippen LogP contribution < -0.4 is 4.74 Å². The number of nitrogens with zero attached hydrogens (tertiary/aromatic N) is 3. The highest BCUT2D eigenvalue weighted by Gasteiger charge is 2.34. The summed E-state index contributed by atoms with van der Waals surface area (Å²) in [6.45, 7) is 0. The molecule has 1 aliphatic heterocycles. The minimum atomic E-state index is -0.0653. The fraction of sp³-hybridized carbons (Fsp3) is 0.0426. The Bertz CT molecular complexity index is 2980. The maximum absolute atomic E-state index is 6.50. The third-order valence-corrected chi connectivity index (χ3v) is 10.4. The molecule has 0 saturated heterocycles. The number of fused-ring (bicyclic) bond motifs is 9. The fourth-order valence-electron chi connectivity index (χ4n) is 8.05. The first-order valence-electron chi connectivity index (χ1n) is 17.6. The van der Waals surface area contributed by atoms with Crippen LogP contribution in [-0.2, 0) is 0 Å². The number of benzene rings is 7. The molecule has 0 radical (unpaired) electrons. The van der Waals surface area contributed by atoms with E-state index in [0.29, 0.717) is 17.5 Å². The summed E-state index contributed by atoms with van der Waals surface area (Å²) in [5.74, 6) is 2.72. The van der Waals surface area contributed by atoms with Gasteiger partial charge in [-0.15, -0.1) is 0 Å². The zero-order chi connectivity index (χ0) is 34.2. The number of para-hydroxylation sites is 2. The van der Waals surface area contributed by atoms with E-state index in [1.807, 2.05) is 36.4 Å². The Morgan fingerprint density at radius 2 is 1.25 bits per heavy atom. The monoisotopic (exact) mass is 667 g/mol. The molecule has 0 saturated carbocycles. The zero-order valence-electron chi connectivity index (χ0n) is 28.0. The van der Waals surface area contributed by atoms with Gasteiger partial charge in [0, 0.05) is 45.0 Å². The molecule has 3 heterocycles. The minimum absolute atomic E-state index is 0.0653. The number of aromatic nitrogens is 3. The number of ether oxygens (including phenoxy) is 1. The van der Waals surface area contributed by atoms with Gasteiger partial charge in [0.05, 0.1) is 0 Å². The van der Waals surface area contributed by atoms with E-state index in [1.165, 1.54) is 21.7 Å². The van der Waals surface area contributed by atoms with Gasteiger partial charge in [-0.05, 0) is 63.0 Å². The summed E-state index contributed by atoms with van der Waals surface area (Å²) < 4.78 is 13.0. The summed E-state index contributed by atoms with van der Waals surface area (Å²) in [7, 11) is 0. The quantitative estimate of drug-likeness (QED) is 0.175. The van der Waals surface area contributed by atoms with Gasteiger partial charge >= 0.3 is 0 Å². The van der Waals surface area contributed by atoms with Crippen LogP contribution in [-0.4, -0.2) is 21.1 Å². The third-order valence-electron chi connectivity index (χ3n) is 10.4. The highest BCUT2D eigenvalue weighted by atomic mass is 16.5. The molecule has 0 bridgehead atoms. The van der Waals surface area contributed by atoms with E-state index in [2.05, 4.69) is 121 Å². The van der Waals surface area contributed by atoms with Crippen LogP contribution in [0.3, 0.4) is 0 Å². The molecule has 2 aliphatic rings. The van der Waals surface area contributed by atoms with E-state index in [9.17, 15) is 0 Å². The molecular formula is C47H29N3O2. The van der Waals surface area contributed by atoms with Crippen LogP contribution in [0.15, 0.2) is 162 Å². The molecule has 9 aromatic rings. The second kappa shape index (κ2) is 11.3. The Hall–Kier alpha value is -6.85. The molecule has 0 fully saturated rings. The maximum atomic E-state index is 6.50. The lowest BCUT2D eigenvalue weighted by Crippen LogP contribution is -2.14. The molecule has 1 aliphatic carbocycles. The van der Waals surface area contributed by atoms with Gasteiger partial charge in [0.15, 0.2) is 17.5 Å². The van der Waals surface area contributed by atoms with Crippen molar-refractivity contribution >= 4 is 54.6 Å². The van der Waals surface area contributed by atoms with Gasteiger partial charge in [-0.1, -0.05) is 127 Å². The predicted octanol–water partition coefficient (Wildman–Crippen LogP) is 11.7. The second-order valence-corrected chi connectivity index (χ2v) is 13.4. The number of furan rings is 1. The Morgan fingerprint density at radius 1 is 0.519 bits per heavy atom. The number of hydrogen-bond donors (Lipinski definition) is 0. The van der Waals surface area contributed by atoms with Crippen LogP contribution in [0.2, 0.25) is 0 Å². The summed E-state index contributed by atoms with van der Waals surface area (Å²) >= 11 is 0. The fourth-order valence-corrected chi connectivity index (χ4v) is 8.05. The topological polar surface area (TPSA) is 61.0 Å². The highest BCUT2D eigenvalue weighted by molar-refractivity contribution is 6.16. The molecule has 7 aromatic carbocycles. The van der Waals surface area contributed by atoms with E-state index >= 15 is 0 Å². The van der Waals surface area contributed by atoms with Crippen LogP contribution in [0.5, 0.6) is 5.75 Å².